The molecule has 0 spiro atoms. The number of hydrogen-bond donors (Lipinski definition) is 0. The SMILES string of the molecule is COC(=O)c1cc(OC(C)=O)ccc1-c1ccc(OC(C)=O)cc1C(=O)OCc1ccc(C#Cc2cnccc2N(C)C)cc1. The van der Waals surface area contributed by atoms with Crippen LogP contribution >= 0.6 is 0 Å². The second-order valence-electron chi connectivity index (χ2n) is 9.90. The van der Waals surface area contributed by atoms with E-state index in [0.717, 1.165) is 16.8 Å². The van der Waals surface area contributed by atoms with Gasteiger partial charge in [0, 0.05) is 45.9 Å². The molecule has 0 fully saturated rings. The van der Waals surface area contributed by atoms with Gasteiger partial charge in [-0.3, -0.25) is 14.6 Å². The quantitative estimate of drug-likeness (QED) is 0.150. The van der Waals surface area contributed by atoms with E-state index < -0.39 is 23.9 Å². The number of nitrogens with zero attached hydrogens (tertiary/aromatic N) is 2. The smallest absolute Gasteiger partial charge is 0.339 e. The van der Waals surface area contributed by atoms with Gasteiger partial charge >= 0.3 is 23.9 Å². The van der Waals surface area contributed by atoms with Crippen molar-refractivity contribution in [2.24, 2.45) is 0 Å². The van der Waals surface area contributed by atoms with Crippen LogP contribution in [0.1, 0.15) is 51.3 Å². The third-order valence-electron chi connectivity index (χ3n) is 6.37. The Morgan fingerprint density at radius 1 is 0.756 bits per heavy atom. The fourth-order valence-corrected chi connectivity index (χ4v) is 4.35. The Labute approximate surface area is 260 Å². The lowest BCUT2D eigenvalue weighted by atomic mass is 9.94. The van der Waals surface area contributed by atoms with E-state index in [4.69, 9.17) is 18.9 Å². The average Bonchev–Trinajstić information content (AvgIpc) is 3.02. The third-order valence-corrected chi connectivity index (χ3v) is 6.37. The van der Waals surface area contributed by atoms with E-state index in [1.165, 1.54) is 57.4 Å². The molecule has 1 aromatic heterocycles. The van der Waals surface area contributed by atoms with Gasteiger partial charge in [-0.1, -0.05) is 24.0 Å². The molecule has 0 saturated carbocycles. The predicted octanol–water partition coefficient (Wildman–Crippen LogP) is 5.21. The molecule has 4 rings (SSSR count). The monoisotopic (exact) mass is 606 g/mol. The zero-order valence-corrected chi connectivity index (χ0v) is 25.4. The van der Waals surface area contributed by atoms with Crippen molar-refractivity contribution in [3.8, 4) is 34.5 Å². The highest BCUT2D eigenvalue weighted by Crippen LogP contribution is 2.33. The van der Waals surface area contributed by atoms with Gasteiger partial charge in [-0.25, -0.2) is 9.59 Å². The third kappa shape index (κ3) is 8.33. The summed E-state index contributed by atoms with van der Waals surface area (Å²) in [6, 6.07) is 17.9. The molecule has 1 heterocycles. The van der Waals surface area contributed by atoms with Crippen molar-refractivity contribution in [3.05, 3.63) is 107 Å². The molecular weight excluding hydrogens is 576 g/mol. The Morgan fingerprint density at radius 3 is 1.87 bits per heavy atom. The molecule has 3 aromatic carbocycles. The number of hydrogen-bond acceptors (Lipinski definition) is 10. The van der Waals surface area contributed by atoms with E-state index >= 15 is 0 Å². The van der Waals surface area contributed by atoms with Gasteiger partial charge in [0.05, 0.1) is 29.5 Å². The van der Waals surface area contributed by atoms with Crippen molar-refractivity contribution in [1.29, 1.82) is 0 Å². The zero-order valence-electron chi connectivity index (χ0n) is 25.4. The first kappa shape index (κ1) is 32.0. The topological polar surface area (TPSA) is 121 Å². The molecule has 10 heteroatoms. The number of ether oxygens (including phenoxy) is 4. The van der Waals surface area contributed by atoms with Crippen molar-refractivity contribution in [2.45, 2.75) is 20.5 Å². The maximum Gasteiger partial charge on any atom is 0.339 e. The van der Waals surface area contributed by atoms with Gasteiger partial charge in [-0.2, -0.15) is 0 Å². The summed E-state index contributed by atoms with van der Waals surface area (Å²) in [4.78, 5) is 55.3. The van der Waals surface area contributed by atoms with E-state index in [-0.39, 0.29) is 29.2 Å². The Bertz CT molecular complexity index is 1820. The minimum atomic E-state index is -0.726. The number of benzene rings is 3. The molecule has 0 aliphatic carbocycles. The lowest BCUT2D eigenvalue weighted by Gasteiger charge is -2.15. The van der Waals surface area contributed by atoms with Crippen LogP contribution in [0.25, 0.3) is 11.1 Å². The number of carbonyl (C=O) groups excluding carboxylic acids is 4. The number of carbonyl (C=O) groups is 4. The highest BCUT2D eigenvalue weighted by atomic mass is 16.5. The molecule has 0 saturated heterocycles. The maximum absolute atomic E-state index is 13.4. The number of pyridine rings is 1. The van der Waals surface area contributed by atoms with Crippen LogP contribution in [0.5, 0.6) is 11.5 Å². The Kier molecular flexibility index (Phi) is 10.3. The van der Waals surface area contributed by atoms with E-state index in [0.29, 0.717) is 16.7 Å². The first-order chi connectivity index (χ1) is 21.5. The van der Waals surface area contributed by atoms with Gasteiger partial charge in [0.1, 0.15) is 18.1 Å². The minimum Gasteiger partial charge on any atom is -0.465 e. The summed E-state index contributed by atoms with van der Waals surface area (Å²) < 4.78 is 20.9. The van der Waals surface area contributed by atoms with E-state index in [1.54, 1.807) is 24.5 Å². The van der Waals surface area contributed by atoms with Gasteiger partial charge < -0.3 is 23.8 Å². The van der Waals surface area contributed by atoms with E-state index in [1.807, 2.05) is 37.2 Å². The molecular formula is C35H30N2O8. The maximum atomic E-state index is 13.4. The van der Waals surface area contributed by atoms with Crippen LogP contribution in [0.15, 0.2) is 79.1 Å². The molecule has 45 heavy (non-hydrogen) atoms. The molecule has 0 bridgehead atoms. The number of anilines is 1. The van der Waals surface area contributed by atoms with Crippen molar-refractivity contribution < 1.29 is 38.1 Å². The number of rotatable bonds is 8. The normalized spacial score (nSPS) is 10.2. The molecule has 4 aromatic rings. The molecule has 0 amide bonds. The molecule has 0 aliphatic rings. The van der Waals surface area contributed by atoms with Gasteiger partial charge in [-0.15, -0.1) is 0 Å². The van der Waals surface area contributed by atoms with E-state index in [2.05, 4.69) is 16.8 Å². The number of aromatic nitrogens is 1. The molecule has 0 atom stereocenters. The standard InChI is InChI=1S/C35H30N2O8/c1-22(38)44-27-12-14-29(31(18-27)34(40)42-5)30-15-13-28(45-23(2)39)19-32(30)35(41)43-21-25-8-6-24(7-9-25)10-11-26-20-36-17-16-33(26)37(3)4/h6-9,12-20H,21H2,1-5H3. The first-order valence-corrected chi connectivity index (χ1v) is 13.7. The van der Waals surface area contributed by atoms with Crippen LogP contribution in [0.3, 0.4) is 0 Å². The Balaban J connectivity index is 1.60. The van der Waals surface area contributed by atoms with Crippen molar-refractivity contribution in [3.63, 3.8) is 0 Å². The second kappa shape index (κ2) is 14.5. The summed E-state index contributed by atoms with van der Waals surface area (Å²) in [5.41, 5.74) is 3.93. The Hall–Kier alpha value is -5.95. The summed E-state index contributed by atoms with van der Waals surface area (Å²) in [7, 11) is 5.08. The van der Waals surface area contributed by atoms with Crippen molar-refractivity contribution in [1.82, 2.24) is 4.98 Å². The van der Waals surface area contributed by atoms with Crippen LogP contribution in [0.2, 0.25) is 0 Å². The van der Waals surface area contributed by atoms with Gasteiger partial charge in [0.15, 0.2) is 0 Å². The summed E-state index contributed by atoms with van der Waals surface area (Å²) in [5.74, 6) is 3.91. The number of methoxy groups -OCH3 is 1. The van der Waals surface area contributed by atoms with Gasteiger partial charge in [0.2, 0.25) is 0 Å². The zero-order chi connectivity index (χ0) is 32.5. The molecule has 0 aliphatic heterocycles. The van der Waals surface area contributed by atoms with Gasteiger partial charge in [0.25, 0.3) is 0 Å². The molecule has 228 valence electrons. The second-order valence-corrected chi connectivity index (χ2v) is 9.90. The van der Waals surface area contributed by atoms with Crippen LogP contribution < -0.4 is 14.4 Å². The molecule has 0 unspecified atom stereocenters. The number of esters is 4. The molecule has 10 nitrogen and oxygen atoms in total. The van der Waals surface area contributed by atoms with E-state index in [9.17, 15) is 19.2 Å². The Morgan fingerprint density at radius 2 is 1.33 bits per heavy atom. The first-order valence-electron chi connectivity index (χ1n) is 13.7. The van der Waals surface area contributed by atoms with Crippen LogP contribution in [-0.2, 0) is 25.7 Å². The fourth-order valence-electron chi connectivity index (χ4n) is 4.35. The molecule has 0 radical (unpaired) electrons. The fraction of sp³-hybridized carbons (Fsp3) is 0.171. The average molecular weight is 607 g/mol. The summed E-state index contributed by atoms with van der Waals surface area (Å²) >= 11 is 0. The molecule has 0 N–H and O–H groups in total. The highest BCUT2D eigenvalue weighted by molar-refractivity contribution is 6.04. The predicted molar refractivity (Wildman–Crippen MR) is 166 cm³/mol. The van der Waals surface area contributed by atoms with Crippen LogP contribution in [0, 0.1) is 11.8 Å². The minimum absolute atomic E-state index is 0.0368. The van der Waals surface area contributed by atoms with Crippen LogP contribution in [0.4, 0.5) is 5.69 Å². The lowest BCUT2D eigenvalue weighted by Crippen LogP contribution is -2.11. The largest absolute Gasteiger partial charge is 0.465 e. The lowest BCUT2D eigenvalue weighted by molar-refractivity contribution is -0.132. The van der Waals surface area contributed by atoms with Crippen LogP contribution in [-0.4, -0.2) is 50.1 Å². The van der Waals surface area contributed by atoms with Crippen molar-refractivity contribution >= 4 is 29.6 Å². The summed E-state index contributed by atoms with van der Waals surface area (Å²) in [6.45, 7) is 2.41. The van der Waals surface area contributed by atoms with Crippen molar-refractivity contribution in [2.75, 3.05) is 26.1 Å². The summed E-state index contributed by atoms with van der Waals surface area (Å²) in [6.07, 6.45) is 3.43. The highest BCUT2D eigenvalue weighted by Gasteiger charge is 2.22. The summed E-state index contributed by atoms with van der Waals surface area (Å²) in [5, 5.41) is 0. The van der Waals surface area contributed by atoms with Gasteiger partial charge in [-0.05, 0) is 71.3 Å².